The Morgan fingerprint density at radius 1 is 1.24 bits per heavy atom. The van der Waals surface area contributed by atoms with E-state index in [1.54, 1.807) is 14.0 Å². The summed E-state index contributed by atoms with van der Waals surface area (Å²) in [4.78, 5) is 22.9. The average Bonchev–Trinajstić information content (AvgIpc) is 2.25. The fourth-order valence-electron chi connectivity index (χ4n) is 1.77. The number of rotatable bonds is 7. The molecule has 0 spiro atoms. The number of nitrogens with one attached hydrogen (secondary N) is 2. The first-order valence-electron chi connectivity index (χ1n) is 6.11. The summed E-state index contributed by atoms with van der Waals surface area (Å²) in [5.74, 6) is 0.406. The molecule has 0 heterocycles. The van der Waals surface area contributed by atoms with Crippen LogP contribution in [0.3, 0.4) is 0 Å². The predicted octanol–water partition coefficient (Wildman–Crippen LogP) is 0.248. The van der Waals surface area contributed by atoms with Crippen LogP contribution >= 0.6 is 0 Å². The van der Waals surface area contributed by atoms with Gasteiger partial charge in [-0.2, -0.15) is 0 Å². The Morgan fingerprint density at radius 2 is 1.82 bits per heavy atom. The normalized spacial score (nSPS) is 14.2. The van der Waals surface area contributed by atoms with Gasteiger partial charge in [0.1, 0.15) is 6.04 Å². The molecular formula is C12H25N3O2. The zero-order chi connectivity index (χ0) is 13.4. The van der Waals surface area contributed by atoms with Crippen molar-refractivity contribution in [2.24, 2.45) is 17.6 Å². The van der Waals surface area contributed by atoms with Crippen molar-refractivity contribution in [3.8, 4) is 0 Å². The van der Waals surface area contributed by atoms with Crippen molar-refractivity contribution in [3.63, 3.8) is 0 Å². The number of nitrogens with two attached hydrogens (primary N) is 1. The number of amides is 2. The fourth-order valence-corrected chi connectivity index (χ4v) is 1.77. The molecule has 5 heteroatoms. The van der Waals surface area contributed by atoms with E-state index in [1.165, 1.54) is 0 Å². The van der Waals surface area contributed by atoms with Crippen molar-refractivity contribution in [3.05, 3.63) is 0 Å². The molecule has 2 atom stereocenters. The standard InChI is InChI=1S/C12H25N3O2/c1-8(2)5-10(7-13)6-11(16)15-9(3)12(17)14-4/h8-10H,5-7,13H2,1-4H3,(H,14,17)(H,15,16)/t9?,10-/m0/s1. The maximum absolute atomic E-state index is 11.7. The van der Waals surface area contributed by atoms with Crippen molar-refractivity contribution in [2.45, 2.75) is 39.7 Å². The Hall–Kier alpha value is -1.10. The van der Waals surface area contributed by atoms with Gasteiger partial charge in [0.05, 0.1) is 0 Å². The van der Waals surface area contributed by atoms with Gasteiger partial charge in [0.25, 0.3) is 0 Å². The monoisotopic (exact) mass is 243 g/mol. The van der Waals surface area contributed by atoms with Crippen LogP contribution in [0.25, 0.3) is 0 Å². The Labute approximate surface area is 104 Å². The van der Waals surface area contributed by atoms with Gasteiger partial charge in [0.15, 0.2) is 0 Å². The molecular weight excluding hydrogens is 218 g/mol. The Balaban J connectivity index is 4.10. The van der Waals surface area contributed by atoms with Gasteiger partial charge in [-0.1, -0.05) is 13.8 Å². The lowest BCUT2D eigenvalue weighted by molar-refractivity contribution is -0.128. The molecule has 0 radical (unpaired) electrons. The molecule has 1 unspecified atom stereocenters. The smallest absolute Gasteiger partial charge is 0.242 e. The first kappa shape index (κ1) is 15.9. The van der Waals surface area contributed by atoms with Crippen LogP contribution in [0.15, 0.2) is 0 Å². The van der Waals surface area contributed by atoms with Crippen LogP contribution in [0.2, 0.25) is 0 Å². The summed E-state index contributed by atoms with van der Waals surface area (Å²) in [5, 5.41) is 5.15. The summed E-state index contributed by atoms with van der Waals surface area (Å²) in [7, 11) is 1.55. The molecule has 0 saturated heterocycles. The average molecular weight is 243 g/mol. The number of likely N-dealkylation sites (N-methyl/N-ethyl adjacent to an activating group) is 1. The van der Waals surface area contributed by atoms with E-state index in [0.29, 0.717) is 18.9 Å². The summed E-state index contributed by atoms with van der Waals surface area (Å²) >= 11 is 0. The van der Waals surface area contributed by atoms with E-state index in [-0.39, 0.29) is 17.7 Å². The zero-order valence-electron chi connectivity index (χ0n) is 11.2. The highest BCUT2D eigenvalue weighted by atomic mass is 16.2. The molecule has 0 aliphatic rings. The summed E-state index contributed by atoms with van der Waals surface area (Å²) in [6.45, 7) is 6.37. The van der Waals surface area contributed by atoms with Crippen molar-refractivity contribution >= 4 is 11.8 Å². The summed E-state index contributed by atoms with van der Waals surface area (Å²) in [6.07, 6.45) is 1.31. The van der Waals surface area contributed by atoms with Crippen LogP contribution in [-0.2, 0) is 9.59 Å². The lowest BCUT2D eigenvalue weighted by Crippen LogP contribution is -2.44. The molecule has 17 heavy (non-hydrogen) atoms. The van der Waals surface area contributed by atoms with Crippen LogP contribution in [0.1, 0.15) is 33.6 Å². The van der Waals surface area contributed by atoms with Crippen LogP contribution in [0, 0.1) is 11.8 Å². The second kappa shape index (κ2) is 8.06. The second-order valence-electron chi connectivity index (χ2n) is 4.84. The van der Waals surface area contributed by atoms with Gasteiger partial charge in [0.2, 0.25) is 11.8 Å². The van der Waals surface area contributed by atoms with Crippen molar-refractivity contribution in [1.82, 2.24) is 10.6 Å². The summed E-state index contributed by atoms with van der Waals surface area (Å²) < 4.78 is 0. The van der Waals surface area contributed by atoms with E-state index in [2.05, 4.69) is 24.5 Å². The van der Waals surface area contributed by atoms with E-state index in [9.17, 15) is 9.59 Å². The lowest BCUT2D eigenvalue weighted by atomic mass is 9.94. The van der Waals surface area contributed by atoms with Crippen LogP contribution < -0.4 is 16.4 Å². The zero-order valence-corrected chi connectivity index (χ0v) is 11.2. The van der Waals surface area contributed by atoms with Crippen molar-refractivity contribution in [1.29, 1.82) is 0 Å². The number of carbonyl (C=O) groups excluding carboxylic acids is 2. The first-order chi connectivity index (χ1) is 7.90. The minimum Gasteiger partial charge on any atom is -0.357 e. The van der Waals surface area contributed by atoms with Gasteiger partial charge >= 0.3 is 0 Å². The van der Waals surface area contributed by atoms with E-state index < -0.39 is 6.04 Å². The molecule has 0 aromatic rings. The molecule has 2 amide bonds. The minimum absolute atomic E-state index is 0.114. The van der Waals surface area contributed by atoms with Gasteiger partial charge in [0, 0.05) is 13.5 Å². The third kappa shape index (κ3) is 6.94. The maximum Gasteiger partial charge on any atom is 0.242 e. The molecule has 0 aromatic heterocycles. The van der Waals surface area contributed by atoms with E-state index >= 15 is 0 Å². The maximum atomic E-state index is 11.7. The SMILES string of the molecule is CNC(=O)C(C)NC(=O)C[C@@H](CN)CC(C)C. The molecule has 0 bridgehead atoms. The van der Waals surface area contributed by atoms with Gasteiger partial charge in [-0.3, -0.25) is 9.59 Å². The number of hydrogen-bond acceptors (Lipinski definition) is 3. The Kier molecular flexibility index (Phi) is 7.54. The quantitative estimate of drug-likeness (QED) is 0.599. The predicted molar refractivity (Wildman–Crippen MR) is 68.3 cm³/mol. The Morgan fingerprint density at radius 3 is 2.24 bits per heavy atom. The largest absolute Gasteiger partial charge is 0.357 e. The minimum atomic E-state index is -0.495. The molecule has 0 saturated carbocycles. The fraction of sp³-hybridized carbons (Fsp3) is 0.833. The van der Waals surface area contributed by atoms with Gasteiger partial charge < -0.3 is 16.4 Å². The molecule has 5 nitrogen and oxygen atoms in total. The van der Waals surface area contributed by atoms with Gasteiger partial charge in [-0.05, 0) is 31.7 Å². The first-order valence-corrected chi connectivity index (χ1v) is 6.11. The van der Waals surface area contributed by atoms with E-state index in [4.69, 9.17) is 5.73 Å². The molecule has 0 aliphatic carbocycles. The van der Waals surface area contributed by atoms with Crippen LogP contribution in [0.4, 0.5) is 0 Å². The topological polar surface area (TPSA) is 84.2 Å². The highest BCUT2D eigenvalue weighted by Gasteiger charge is 2.18. The molecule has 0 fully saturated rings. The van der Waals surface area contributed by atoms with Crippen LogP contribution in [-0.4, -0.2) is 31.4 Å². The summed E-state index contributed by atoms with van der Waals surface area (Å²) in [5.41, 5.74) is 5.63. The Bertz CT molecular complexity index is 254. The summed E-state index contributed by atoms with van der Waals surface area (Å²) in [6, 6.07) is -0.495. The van der Waals surface area contributed by atoms with E-state index in [0.717, 1.165) is 6.42 Å². The van der Waals surface area contributed by atoms with Crippen molar-refractivity contribution in [2.75, 3.05) is 13.6 Å². The third-order valence-electron chi connectivity index (χ3n) is 2.63. The lowest BCUT2D eigenvalue weighted by Gasteiger charge is -2.18. The second-order valence-corrected chi connectivity index (χ2v) is 4.84. The third-order valence-corrected chi connectivity index (χ3v) is 2.63. The molecule has 0 rings (SSSR count). The highest BCUT2D eigenvalue weighted by Crippen LogP contribution is 2.14. The highest BCUT2D eigenvalue weighted by molar-refractivity contribution is 5.87. The molecule has 100 valence electrons. The van der Waals surface area contributed by atoms with Gasteiger partial charge in [-0.25, -0.2) is 0 Å². The molecule has 0 aromatic carbocycles. The van der Waals surface area contributed by atoms with Crippen molar-refractivity contribution < 1.29 is 9.59 Å². The van der Waals surface area contributed by atoms with Crippen LogP contribution in [0.5, 0.6) is 0 Å². The molecule has 4 N–H and O–H groups in total. The molecule has 0 aliphatic heterocycles. The van der Waals surface area contributed by atoms with E-state index in [1.807, 2.05) is 0 Å². The van der Waals surface area contributed by atoms with Gasteiger partial charge in [-0.15, -0.1) is 0 Å². The number of carbonyl (C=O) groups is 2. The number of hydrogen-bond donors (Lipinski definition) is 3.